The Labute approximate surface area is 134 Å². The molecule has 22 heavy (non-hydrogen) atoms. The van der Waals surface area contributed by atoms with Crippen LogP contribution >= 0.6 is 11.6 Å². The van der Waals surface area contributed by atoms with E-state index in [0.717, 1.165) is 10.9 Å². The molecule has 3 rings (SSSR count). The zero-order valence-corrected chi connectivity index (χ0v) is 13.8. The van der Waals surface area contributed by atoms with Crippen LogP contribution < -0.4 is 0 Å². The lowest BCUT2D eigenvalue weighted by Gasteiger charge is -2.32. The zero-order chi connectivity index (χ0) is 16.1. The summed E-state index contributed by atoms with van der Waals surface area (Å²) in [6, 6.07) is 5.46. The fraction of sp³-hybridized carbons (Fsp3) is 0.375. The van der Waals surface area contributed by atoms with Crippen LogP contribution in [0.5, 0.6) is 0 Å². The molecule has 1 aliphatic heterocycles. The molecular formula is C16H18BClFNO2. The lowest BCUT2D eigenvalue weighted by molar-refractivity contribution is 0.00578. The van der Waals surface area contributed by atoms with Crippen molar-refractivity contribution in [2.45, 2.75) is 38.9 Å². The summed E-state index contributed by atoms with van der Waals surface area (Å²) in [6.07, 6.45) is 3.17. The normalized spacial score (nSPS) is 20.8. The van der Waals surface area contributed by atoms with Gasteiger partial charge in [0.15, 0.2) is 0 Å². The highest BCUT2D eigenvalue weighted by Crippen LogP contribution is 2.39. The first-order chi connectivity index (χ1) is 10.2. The zero-order valence-electron chi connectivity index (χ0n) is 13.0. The van der Waals surface area contributed by atoms with Crippen LogP contribution in [0.3, 0.4) is 0 Å². The third-order valence-electron chi connectivity index (χ3n) is 4.45. The van der Waals surface area contributed by atoms with E-state index < -0.39 is 24.0 Å². The maximum atomic E-state index is 14.6. The maximum absolute atomic E-state index is 14.6. The second-order valence-corrected chi connectivity index (χ2v) is 6.99. The Balaban J connectivity index is 1.93. The molecule has 3 nitrogen and oxygen atoms in total. The first kappa shape index (κ1) is 15.6. The SMILES string of the molecule is CC1(C)OB(C(F)=Cc2c[nH]c3ccc(Cl)cc23)OC1(C)C. The Bertz CT molecular complexity index is 738. The molecule has 1 N–H and O–H groups in total. The molecule has 1 saturated heterocycles. The Kier molecular flexibility index (Phi) is 3.63. The van der Waals surface area contributed by atoms with E-state index >= 15 is 0 Å². The second-order valence-electron chi connectivity index (χ2n) is 6.55. The number of halogens is 2. The summed E-state index contributed by atoms with van der Waals surface area (Å²) in [5, 5.41) is 1.47. The molecule has 2 heterocycles. The summed E-state index contributed by atoms with van der Waals surface area (Å²) in [4.78, 5) is 3.09. The van der Waals surface area contributed by atoms with Crippen molar-refractivity contribution in [1.82, 2.24) is 4.98 Å². The number of fused-ring (bicyclic) bond motifs is 1. The van der Waals surface area contributed by atoms with E-state index in [9.17, 15) is 4.39 Å². The van der Waals surface area contributed by atoms with Gasteiger partial charge in [0.25, 0.3) is 0 Å². The van der Waals surface area contributed by atoms with Gasteiger partial charge in [0.05, 0.1) is 11.2 Å². The van der Waals surface area contributed by atoms with Gasteiger partial charge in [0, 0.05) is 27.7 Å². The van der Waals surface area contributed by atoms with Crippen LogP contribution in [0.1, 0.15) is 33.3 Å². The Morgan fingerprint density at radius 3 is 2.50 bits per heavy atom. The van der Waals surface area contributed by atoms with E-state index in [-0.39, 0.29) is 0 Å². The second kappa shape index (κ2) is 5.12. The van der Waals surface area contributed by atoms with Crippen molar-refractivity contribution in [2.24, 2.45) is 0 Å². The van der Waals surface area contributed by atoms with Gasteiger partial charge < -0.3 is 14.3 Å². The molecule has 0 amide bonds. The number of benzene rings is 1. The summed E-state index contributed by atoms with van der Waals surface area (Å²) >= 11 is 6.01. The monoisotopic (exact) mass is 321 g/mol. The van der Waals surface area contributed by atoms with Gasteiger partial charge in [-0.2, -0.15) is 0 Å². The molecule has 1 aromatic heterocycles. The Morgan fingerprint density at radius 1 is 1.23 bits per heavy atom. The highest BCUT2D eigenvalue weighted by Gasteiger charge is 2.53. The number of H-pyrrole nitrogens is 1. The van der Waals surface area contributed by atoms with E-state index in [1.165, 1.54) is 6.08 Å². The number of aromatic amines is 1. The molecule has 0 spiro atoms. The Hall–Kier alpha value is -1.30. The smallest absolute Gasteiger partial charge is 0.398 e. The first-order valence-corrected chi connectivity index (χ1v) is 7.57. The van der Waals surface area contributed by atoms with Gasteiger partial charge in [-0.25, -0.2) is 4.39 Å². The van der Waals surface area contributed by atoms with E-state index in [2.05, 4.69) is 4.98 Å². The van der Waals surface area contributed by atoms with Gasteiger partial charge in [-0.05, 0) is 52.0 Å². The van der Waals surface area contributed by atoms with Crippen LogP contribution in [-0.4, -0.2) is 23.3 Å². The minimum Gasteiger partial charge on any atom is -0.398 e. The lowest BCUT2D eigenvalue weighted by atomic mass is 9.87. The third-order valence-corrected chi connectivity index (χ3v) is 4.68. The van der Waals surface area contributed by atoms with E-state index in [0.29, 0.717) is 10.6 Å². The van der Waals surface area contributed by atoms with Crippen molar-refractivity contribution in [3.05, 3.63) is 40.7 Å². The minimum absolute atomic E-state index is 0.459. The molecule has 1 aromatic carbocycles. The van der Waals surface area contributed by atoms with Gasteiger partial charge in [0.2, 0.25) is 0 Å². The number of rotatable bonds is 2. The predicted octanol–water partition coefficient (Wildman–Crippen LogP) is 4.76. The van der Waals surface area contributed by atoms with Crippen molar-refractivity contribution in [2.75, 3.05) is 0 Å². The largest absolute Gasteiger partial charge is 0.525 e. The van der Waals surface area contributed by atoms with Crippen molar-refractivity contribution in [3.8, 4) is 0 Å². The molecule has 0 radical (unpaired) electrons. The van der Waals surface area contributed by atoms with Crippen LogP contribution in [-0.2, 0) is 9.31 Å². The molecule has 0 unspecified atom stereocenters. The molecule has 1 fully saturated rings. The van der Waals surface area contributed by atoms with E-state index in [4.69, 9.17) is 20.9 Å². The van der Waals surface area contributed by atoms with Gasteiger partial charge in [-0.3, -0.25) is 0 Å². The molecule has 1 aliphatic rings. The number of aromatic nitrogens is 1. The van der Waals surface area contributed by atoms with Crippen molar-refractivity contribution in [1.29, 1.82) is 0 Å². The van der Waals surface area contributed by atoms with Crippen LogP contribution in [0.2, 0.25) is 5.02 Å². The molecule has 0 bridgehead atoms. The molecule has 0 saturated carbocycles. The van der Waals surface area contributed by atoms with Crippen LogP contribution in [0.15, 0.2) is 30.1 Å². The molecule has 116 valence electrons. The molecule has 0 atom stereocenters. The van der Waals surface area contributed by atoms with Gasteiger partial charge in [-0.15, -0.1) is 0 Å². The lowest BCUT2D eigenvalue weighted by Crippen LogP contribution is -2.41. The van der Waals surface area contributed by atoms with Gasteiger partial charge >= 0.3 is 7.12 Å². The Morgan fingerprint density at radius 2 is 1.86 bits per heavy atom. The first-order valence-electron chi connectivity index (χ1n) is 7.19. The predicted molar refractivity (Wildman–Crippen MR) is 88.5 cm³/mol. The fourth-order valence-corrected chi connectivity index (χ4v) is 2.58. The number of nitrogens with one attached hydrogen (secondary N) is 1. The fourth-order valence-electron chi connectivity index (χ4n) is 2.41. The summed E-state index contributed by atoms with van der Waals surface area (Å²) in [7, 11) is -0.992. The molecule has 6 heteroatoms. The van der Waals surface area contributed by atoms with Crippen molar-refractivity contribution >= 4 is 35.7 Å². The highest BCUT2D eigenvalue weighted by molar-refractivity contribution is 6.54. The number of hydrogen-bond acceptors (Lipinski definition) is 2. The third kappa shape index (κ3) is 2.58. The van der Waals surface area contributed by atoms with Crippen molar-refractivity contribution < 1.29 is 13.7 Å². The quantitative estimate of drug-likeness (QED) is 0.809. The van der Waals surface area contributed by atoms with Crippen LogP contribution in [0.4, 0.5) is 4.39 Å². The summed E-state index contributed by atoms with van der Waals surface area (Å²) < 4.78 is 26.0. The van der Waals surface area contributed by atoms with Gasteiger partial charge in [-0.1, -0.05) is 11.6 Å². The molecule has 2 aromatic rings. The average molecular weight is 322 g/mol. The topological polar surface area (TPSA) is 34.2 Å². The number of hydrogen-bond donors (Lipinski definition) is 1. The van der Waals surface area contributed by atoms with Crippen LogP contribution in [0, 0.1) is 0 Å². The summed E-state index contributed by atoms with van der Waals surface area (Å²) in [6.45, 7) is 7.58. The average Bonchev–Trinajstić information content (AvgIpc) is 2.89. The van der Waals surface area contributed by atoms with Crippen molar-refractivity contribution in [3.63, 3.8) is 0 Å². The van der Waals surface area contributed by atoms with E-state index in [1.807, 2.05) is 33.8 Å². The molecular weight excluding hydrogens is 303 g/mol. The summed E-state index contributed by atoms with van der Waals surface area (Å²) in [5.41, 5.74) is 0.0280. The van der Waals surface area contributed by atoms with E-state index in [1.54, 1.807) is 18.3 Å². The summed E-state index contributed by atoms with van der Waals surface area (Å²) in [5.74, 6) is 0. The van der Waals surface area contributed by atoms with Crippen LogP contribution in [0.25, 0.3) is 17.0 Å². The highest BCUT2D eigenvalue weighted by atomic mass is 35.5. The maximum Gasteiger partial charge on any atom is 0.525 e. The van der Waals surface area contributed by atoms with Gasteiger partial charge in [0.1, 0.15) is 5.73 Å². The minimum atomic E-state index is -0.992. The molecule has 0 aliphatic carbocycles. The standard InChI is InChI=1S/C16H18BClFNO2/c1-15(2)16(3,4)22-17(21-15)14(19)7-10-9-20-13-6-5-11(18)8-12(10)13/h5-9,20H,1-4H3.